The second-order valence-electron chi connectivity index (χ2n) is 7.59. The second kappa shape index (κ2) is 10.3. The molecular formula is C21H32N2O3. The van der Waals surface area contributed by atoms with E-state index in [0.717, 1.165) is 44.8 Å². The van der Waals surface area contributed by atoms with Gasteiger partial charge in [0.15, 0.2) is 5.78 Å². The number of hydrogen-bond acceptors (Lipinski definition) is 4. The lowest BCUT2D eigenvalue weighted by Gasteiger charge is -2.33. The molecule has 0 atom stereocenters. The molecule has 1 aromatic carbocycles. The topological polar surface area (TPSA) is 58.6 Å². The zero-order valence-electron chi connectivity index (χ0n) is 16.3. The van der Waals surface area contributed by atoms with Gasteiger partial charge in [-0.1, -0.05) is 13.8 Å². The first-order chi connectivity index (χ1) is 12.5. The normalized spacial score (nSPS) is 15.8. The third-order valence-electron chi connectivity index (χ3n) is 4.91. The van der Waals surface area contributed by atoms with Crippen LogP contribution in [-0.2, 0) is 4.79 Å². The summed E-state index contributed by atoms with van der Waals surface area (Å²) in [4.78, 5) is 26.7. The Balaban J connectivity index is 1.63. The molecule has 5 nitrogen and oxygen atoms in total. The van der Waals surface area contributed by atoms with Crippen molar-refractivity contribution in [3.8, 4) is 5.75 Å². The summed E-state index contributed by atoms with van der Waals surface area (Å²) in [5, 5.41) is 3.00. The van der Waals surface area contributed by atoms with E-state index < -0.39 is 0 Å². The predicted molar refractivity (Wildman–Crippen MR) is 104 cm³/mol. The molecule has 0 spiro atoms. The molecule has 0 saturated carbocycles. The largest absolute Gasteiger partial charge is 0.497 e. The first-order valence-corrected chi connectivity index (χ1v) is 9.64. The number of nitrogens with zero attached hydrogens (tertiary/aromatic N) is 1. The highest BCUT2D eigenvalue weighted by atomic mass is 16.5. The Morgan fingerprint density at radius 1 is 1.15 bits per heavy atom. The molecular weight excluding hydrogens is 328 g/mol. The molecule has 0 aromatic heterocycles. The summed E-state index contributed by atoms with van der Waals surface area (Å²) in [6, 6.07) is 7.01. The zero-order valence-corrected chi connectivity index (χ0v) is 16.3. The first-order valence-electron chi connectivity index (χ1n) is 9.64. The third-order valence-corrected chi connectivity index (χ3v) is 4.91. The highest BCUT2D eigenvalue weighted by Crippen LogP contribution is 2.17. The summed E-state index contributed by atoms with van der Waals surface area (Å²) in [6.07, 6.45) is 2.76. The van der Waals surface area contributed by atoms with Crippen LogP contribution in [0.15, 0.2) is 24.3 Å². The Hall–Kier alpha value is -1.88. The van der Waals surface area contributed by atoms with E-state index in [9.17, 15) is 9.59 Å². The molecule has 144 valence electrons. The van der Waals surface area contributed by atoms with Gasteiger partial charge in [0.05, 0.1) is 7.11 Å². The smallest absolute Gasteiger partial charge is 0.220 e. The number of piperidine rings is 1. The number of hydrogen-bond donors (Lipinski definition) is 1. The fourth-order valence-electron chi connectivity index (χ4n) is 3.38. The minimum Gasteiger partial charge on any atom is -0.497 e. The van der Waals surface area contributed by atoms with Crippen molar-refractivity contribution in [2.45, 2.75) is 39.5 Å². The minimum absolute atomic E-state index is 0.00945. The van der Waals surface area contributed by atoms with Crippen LogP contribution >= 0.6 is 0 Å². The number of nitrogens with one attached hydrogen (secondary N) is 1. The summed E-state index contributed by atoms with van der Waals surface area (Å²) >= 11 is 0. The number of benzene rings is 1. The van der Waals surface area contributed by atoms with Gasteiger partial charge in [-0.2, -0.15) is 0 Å². The lowest BCUT2D eigenvalue weighted by Crippen LogP contribution is -2.40. The van der Waals surface area contributed by atoms with Crippen molar-refractivity contribution in [3.05, 3.63) is 29.8 Å². The molecule has 1 aliphatic rings. The molecule has 26 heavy (non-hydrogen) atoms. The quantitative estimate of drug-likeness (QED) is 0.687. The molecule has 1 N–H and O–H groups in total. The fourth-order valence-corrected chi connectivity index (χ4v) is 3.38. The number of methoxy groups -OCH3 is 1. The van der Waals surface area contributed by atoms with Crippen molar-refractivity contribution in [1.29, 1.82) is 0 Å². The van der Waals surface area contributed by atoms with Gasteiger partial charge in [0, 0.05) is 31.5 Å². The average Bonchev–Trinajstić information content (AvgIpc) is 2.65. The lowest BCUT2D eigenvalue weighted by atomic mass is 9.96. The molecule has 0 unspecified atom stereocenters. The van der Waals surface area contributed by atoms with E-state index >= 15 is 0 Å². The highest BCUT2D eigenvalue weighted by molar-refractivity contribution is 5.98. The number of Topliss-reactive ketones (excluding diaryl/α,β-unsaturated/α-hetero) is 1. The number of amides is 1. The number of carbonyl (C=O) groups is 2. The molecule has 0 radical (unpaired) electrons. The van der Waals surface area contributed by atoms with Crippen LogP contribution in [0, 0.1) is 11.8 Å². The van der Waals surface area contributed by atoms with Crippen molar-refractivity contribution >= 4 is 11.7 Å². The van der Waals surface area contributed by atoms with E-state index in [0.29, 0.717) is 17.4 Å². The van der Waals surface area contributed by atoms with E-state index in [1.807, 2.05) is 0 Å². The van der Waals surface area contributed by atoms with Gasteiger partial charge < -0.3 is 15.0 Å². The number of ether oxygens (including phenoxy) is 1. The number of carbonyl (C=O) groups excluding carboxylic acids is 2. The third kappa shape index (κ3) is 6.79. The molecule has 0 aliphatic carbocycles. The van der Waals surface area contributed by atoms with Crippen LogP contribution in [0.2, 0.25) is 0 Å². The molecule has 1 aromatic rings. The Morgan fingerprint density at radius 2 is 1.81 bits per heavy atom. The molecule has 1 saturated heterocycles. The second-order valence-corrected chi connectivity index (χ2v) is 7.59. The van der Waals surface area contributed by atoms with Crippen LogP contribution < -0.4 is 10.1 Å². The Morgan fingerprint density at radius 3 is 2.38 bits per heavy atom. The fraction of sp³-hybridized carbons (Fsp3) is 0.619. The maximum atomic E-state index is 12.2. The number of rotatable bonds is 9. The van der Waals surface area contributed by atoms with Gasteiger partial charge >= 0.3 is 0 Å². The zero-order chi connectivity index (χ0) is 18.9. The van der Waals surface area contributed by atoms with Gasteiger partial charge in [0.1, 0.15) is 5.75 Å². The van der Waals surface area contributed by atoms with E-state index in [-0.39, 0.29) is 24.5 Å². The highest BCUT2D eigenvalue weighted by Gasteiger charge is 2.20. The molecule has 5 heteroatoms. The van der Waals surface area contributed by atoms with Crippen LogP contribution in [-0.4, -0.2) is 49.9 Å². The maximum Gasteiger partial charge on any atom is 0.220 e. The Kier molecular flexibility index (Phi) is 8.10. The van der Waals surface area contributed by atoms with Gasteiger partial charge in [-0.05, 0) is 62.0 Å². The van der Waals surface area contributed by atoms with Crippen LogP contribution in [0.1, 0.15) is 49.9 Å². The first kappa shape index (κ1) is 20.4. The van der Waals surface area contributed by atoms with Crippen molar-refractivity contribution in [1.82, 2.24) is 10.2 Å². The maximum absolute atomic E-state index is 12.2. The van der Waals surface area contributed by atoms with Crippen LogP contribution in [0.3, 0.4) is 0 Å². The van der Waals surface area contributed by atoms with Gasteiger partial charge in [-0.25, -0.2) is 0 Å². The molecule has 0 bridgehead atoms. The van der Waals surface area contributed by atoms with Crippen molar-refractivity contribution in [3.63, 3.8) is 0 Å². The van der Waals surface area contributed by atoms with E-state index in [2.05, 4.69) is 24.1 Å². The van der Waals surface area contributed by atoms with Crippen LogP contribution in [0.5, 0.6) is 5.75 Å². The molecule has 1 heterocycles. The van der Waals surface area contributed by atoms with Crippen LogP contribution in [0.4, 0.5) is 0 Å². The Bertz CT molecular complexity index is 575. The summed E-state index contributed by atoms with van der Waals surface area (Å²) < 4.78 is 5.08. The monoisotopic (exact) mass is 360 g/mol. The van der Waals surface area contributed by atoms with E-state index in [1.54, 1.807) is 31.4 Å². The summed E-state index contributed by atoms with van der Waals surface area (Å²) in [5.41, 5.74) is 0.621. The van der Waals surface area contributed by atoms with Crippen molar-refractivity contribution < 1.29 is 14.3 Å². The summed E-state index contributed by atoms with van der Waals surface area (Å²) in [7, 11) is 1.59. The summed E-state index contributed by atoms with van der Waals surface area (Å²) in [5.74, 6) is 1.94. The lowest BCUT2D eigenvalue weighted by molar-refractivity contribution is -0.121. The average molecular weight is 360 g/mol. The van der Waals surface area contributed by atoms with Gasteiger partial charge in [0.2, 0.25) is 5.91 Å². The van der Waals surface area contributed by atoms with E-state index in [4.69, 9.17) is 4.74 Å². The number of likely N-dealkylation sites (tertiary alicyclic amines) is 1. The standard InChI is InChI=1S/C21H32N2O3/c1-16(2)15-23-12-10-17(11-13-23)14-22-21(25)9-8-20(24)18-4-6-19(26-3)7-5-18/h4-7,16-17H,8-15H2,1-3H3,(H,22,25). The van der Waals surface area contributed by atoms with Gasteiger partial charge in [-0.3, -0.25) is 9.59 Å². The molecule has 1 aliphatic heterocycles. The minimum atomic E-state index is -0.0310. The van der Waals surface area contributed by atoms with Gasteiger partial charge in [-0.15, -0.1) is 0 Å². The van der Waals surface area contributed by atoms with Crippen molar-refractivity contribution in [2.24, 2.45) is 11.8 Å². The van der Waals surface area contributed by atoms with Gasteiger partial charge in [0.25, 0.3) is 0 Å². The van der Waals surface area contributed by atoms with Crippen LogP contribution in [0.25, 0.3) is 0 Å². The Labute approximate surface area is 157 Å². The predicted octanol–water partition coefficient (Wildman–Crippen LogP) is 3.14. The van der Waals surface area contributed by atoms with E-state index in [1.165, 1.54) is 0 Å². The SMILES string of the molecule is COc1ccc(C(=O)CCC(=O)NCC2CCN(CC(C)C)CC2)cc1. The summed E-state index contributed by atoms with van der Waals surface area (Å²) in [6.45, 7) is 8.63. The molecule has 1 amide bonds. The molecule has 2 rings (SSSR count). The number of ketones is 1. The molecule has 1 fully saturated rings. The van der Waals surface area contributed by atoms with Crippen molar-refractivity contribution in [2.75, 3.05) is 33.3 Å².